The first-order chi connectivity index (χ1) is 6.29. The van der Waals surface area contributed by atoms with E-state index in [0.717, 1.165) is 5.56 Å². The first-order valence-electron chi connectivity index (χ1n) is 3.99. The second-order valence-electron chi connectivity index (χ2n) is 2.50. The molecule has 1 rings (SSSR count). The fourth-order valence-corrected chi connectivity index (χ4v) is 0.815. The second kappa shape index (κ2) is 5.31. The van der Waals surface area contributed by atoms with Gasteiger partial charge in [0.15, 0.2) is 0 Å². The number of halogens is 1. The lowest BCUT2D eigenvalue weighted by atomic mass is 10.2. The molecule has 13 heavy (non-hydrogen) atoms. The van der Waals surface area contributed by atoms with Gasteiger partial charge in [0.1, 0.15) is 0 Å². The van der Waals surface area contributed by atoms with Gasteiger partial charge in [-0.1, -0.05) is 30.0 Å². The van der Waals surface area contributed by atoms with Crippen LogP contribution in [0.15, 0.2) is 30.3 Å². The lowest BCUT2D eigenvalue weighted by Crippen LogP contribution is -1.79. The highest BCUT2D eigenvalue weighted by molar-refractivity contribution is 6.22. The Morgan fingerprint density at radius 3 is 2.46 bits per heavy atom. The number of hydrogen-bond acceptors (Lipinski definition) is 0. The minimum Gasteiger partial charge on any atom is -0.109 e. The summed E-state index contributed by atoms with van der Waals surface area (Å²) >= 11 is 5.62. The SMILES string of the molecule is CC(Cl)C#CC#Cc1ccccc1. The molecule has 0 aliphatic heterocycles. The van der Waals surface area contributed by atoms with Crippen molar-refractivity contribution in [2.24, 2.45) is 0 Å². The number of rotatable bonds is 0. The van der Waals surface area contributed by atoms with Gasteiger partial charge in [-0.3, -0.25) is 0 Å². The highest BCUT2D eigenvalue weighted by Crippen LogP contribution is 1.94. The molecule has 0 aromatic heterocycles. The van der Waals surface area contributed by atoms with Crippen LogP contribution in [0.2, 0.25) is 0 Å². The lowest BCUT2D eigenvalue weighted by molar-refractivity contribution is 1.28. The minimum absolute atomic E-state index is 0.134. The molecule has 0 spiro atoms. The van der Waals surface area contributed by atoms with Gasteiger partial charge in [0.05, 0.1) is 5.38 Å². The Labute approximate surface area is 83.9 Å². The standard InChI is InChI=1S/C12H9Cl/c1-11(13)7-5-6-10-12-8-3-2-4-9-12/h2-4,8-9,11H,1H3. The van der Waals surface area contributed by atoms with E-state index in [-0.39, 0.29) is 5.38 Å². The van der Waals surface area contributed by atoms with Gasteiger partial charge >= 0.3 is 0 Å². The molecule has 1 unspecified atom stereocenters. The molecule has 1 aromatic rings. The van der Waals surface area contributed by atoms with E-state index in [1.165, 1.54) is 0 Å². The molecule has 0 N–H and O–H groups in total. The van der Waals surface area contributed by atoms with Crippen LogP contribution in [0.3, 0.4) is 0 Å². The number of benzene rings is 1. The fraction of sp³-hybridized carbons (Fsp3) is 0.167. The smallest absolute Gasteiger partial charge is 0.0925 e. The Morgan fingerprint density at radius 2 is 1.85 bits per heavy atom. The molecule has 0 amide bonds. The first kappa shape index (κ1) is 9.72. The molecule has 0 aliphatic rings. The highest BCUT2D eigenvalue weighted by atomic mass is 35.5. The van der Waals surface area contributed by atoms with E-state index in [0.29, 0.717) is 0 Å². The molecule has 1 aromatic carbocycles. The zero-order chi connectivity index (χ0) is 9.52. The Kier molecular flexibility index (Phi) is 3.97. The van der Waals surface area contributed by atoms with Crippen LogP contribution in [0.25, 0.3) is 0 Å². The molecule has 0 aliphatic carbocycles. The van der Waals surface area contributed by atoms with Gasteiger partial charge in [0.2, 0.25) is 0 Å². The van der Waals surface area contributed by atoms with Crippen molar-refractivity contribution >= 4 is 11.6 Å². The molecule has 0 heterocycles. The van der Waals surface area contributed by atoms with Gasteiger partial charge in [-0.2, -0.15) is 0 Å². The van der Waals surface area contributed by atoms with Crippen molar-refractivity contribution in [3.8, 4) is 23.7 Å². The van der Waals surface area contributed by atoms with Crippen molar-refractivity contribution in [2.45, 2.75) is 12.3 Å². The second-order valence-corrected chi connectivity index (χ2v) is 3.16. The van der Waals surface area contributed by atoms with Crippen molar-refractivity contribution in [2.75, 3.05) is 0 Å². The maximum atomic E-state index is 5.62. The monoisotopic (exact) mass is 188 g/mol. The Hall–Kier alpha value is -1.37. The predicted octanol–water partition coefficient (Wildman–Crippen LogP) is 2.67. The van der Waals surface area contributed by atoms with E-state index in [9.17, 15) is 0 Å². The van der Waals surface area contributed by atoms with E-state index in [1.54, 1.807) is 0 Å². The Morgan fingerprint density at radius 1 is 1.15 bits per heavy atom. The van der Waals surface area contributed by atoms with Crippen LogP contribution in [0.1, 0.15) is 12.5 Å². The first-order valence-corrected chi connectivity index (χ1v) is 4.43. The molecule has 0 radical (unpaired) electrons. The van der Waals surface area contributed by atoms with Crippen molar-refractivity contribution in [1.29, 1.82) is 0 Å². The van der Waals surface area contributed by atoms with Crippen LogP contribution in [0.4, 0.5) is 0 Å². The summed E-state index contributed by atoms with van der Waals surface area (Å²) in [5.41, 5.74) is 0.971. The summed E-state index contributed by atoms with van der Waals surface area (Å²) in [6.07, 6.45) is 0. The van der Waals surface area contributed by atoms with Gasteiger partial charge in [0.25, 0.3) is 0 Å². The van der Waals surface area contributed by atoms with Gasteiger partial charge < -0.3 is 0 Å². The van der Waals surface area contributed by atoms with Gasteiger partial charge in [-0.25, -0.2) is 0 Å². The maximum Gasteiger partial charge on any atom is 0.0925 e. The predicted molar refractivity (Wildman–Crippen MR) is 56.4 cm³/mol. The van der Waals surface area contributed by atoms with Crippen molar-refractivity contribution in [3.63, 3.8) is 0 Å². The van der Waals surface area contributed by atoms with E-state index in [4.69, 9.17) is 11.6 Å². The molecule has 1 heteroatoms. The lowest BCUT2D eigenvalue weighted by Gasteiger charge is -1.84. The van der Waals surface area contributed by atoms with E-state index in [2.05, 4.69) is 23.7 Å². The van der Waals surface area contributed by atoms with E-state index < -0.39 is 0 Å². The summed E-state index contributed by atoms with van der Waals surface area (Å²) < 4.78 is 0. The number of alkyl halides is 1. The largest absolute Gasteiger partial charge is 0.109 e. The average Bonchev–Trinajstić information content (AvgIpc) is 2.14. The quantitative estimate of drug-likeness (QED) is 0.434. The van der Waals surface area contributed by atoms with Gasteiger partial charge in [0, 0.05) is 5.56 Å². The number of hydrogen-bond donors (Lipinski definition) is 0. The molecule has 0 saturated carbocycles. The molecular weight excluding hydrogens is 180 g/mol. The van der Waals surface area contributed by atoms with E-state index >= 15 is 0 Å². The van der Waals surface area contributed by atoms with Crippen LogP contribution in [0, 0.1) is 23.7 Å². The molecule has 0 saturated heterocycles. The summed E-state index contributed by atoms with van der Waals surface area (Å²) in [4.78, 5) is 0. The summed E-state index contributed by atoms with van der Waals surface area (Å²) in [6.45, 7) is 1.82. The topological polar surface area (TPSA) is 0 Å². The normalized spacial score (nSPS) is 10.3. The summed E-state index contributed by atoms with van der Waals surface area (Å²) in [6, 6.07) is 9.73. The van der Waals surface area contributed by atoms with Crippen molar-refractivity contribution in [1.82, 2.24) is 0 Å². The molecule has 64 valence electrons. The molecule has 0 nitrogen and oxygen atoms in total. The molecule has 0 bridgehead atoms. The molecule has 1 atom stereocenters. The zero-order valence-electron chi connectivity index (χ0n) is 7.34. The van der Waals surface area contributed by atoms with Crippen LogP contribution >= 0.6 is 11.6 Å². The third-order valence-electron chi connectivity index (χ3n) is 1.31. The minimum atomic E-state index is -0.134. The highest BCUT2D eigenvalue weighted by Gasteiger charge is 1.82. The summed E-state index contributed by atoms with van der Waals surface area (Å²) in [7, 11) is 0. The average molecular weight is 189 g/mol. The summed E-state index contributed by atoms with van der Waals surface area (Å²) in [5.74, 6) is 11.1. The van der Waals surface area contributed by atoms with Crippen LogP contribution < -0.4 is 0 Å². The fourth-order valence-electron chi connectivity index (χ4n) is 0.760. The molecule has 0 fully saturated rings. The van der Waals surface area contributed by atoms with Gasteiger partial charge in [-0.15, -0.1) is 11.6 Å². The third kappa shape index (κ3) is 4.26. The Bertz CT molecular complexity index is 368. The Balaban J connectivity index is 2.65. The summed E-state index contributed by atoms with van der Waals surface area (Å²) in [5, 5.41) is -0.134. The van der Waals surface area contributed by atoms with E-state index in [1.807, 2.05) is 37.3 Å². The van der Waals surface area contributed by atoms with Crippen LogP contribution in [0.5, 0.6) is 0 Å². The van der Waals surface area contributed by atoms with Crippen LogP contribution in [-0.2, 0) is 0 Å². The maximum absolute atomic E-state index is 5.62. The zero-order valence-corrected chi connectivity index (χ0v) is 8.10. The van der Waals surface area contributed by atoms with Crippen LogP contribution in [-0.4, -0.2) is 5.38 Å². The van der Waals surface area contributed by atoms with Crippen molar-refractivity contribution in [3.05, 3.63) is 35.9 Å². The third-order valence-corrected chi connectivity index (χ3v) is 1.42. The van der Waals surface area contributed by atoms with Crippen molar-refractivity contribution < 1.29 is 0 Å². The molecular formula is C12H9Cl. The van der Waals surface area contributed by atoms with Gasteiger partial charge in [-0.05, 0) is 30.9 Å².